The van der Waals surface area contributed by atoms with Crippen molar-refractivity contribution in [3.05, 3.63) is 54.4 Å². The van der Waals surface area contributed by atoms with Crippen molar-refractivity contribution in [3.63, 3.8) is 0 Å². The number of hydrogen-bond donors (Lipinski definition) is 0. The molecular formula is C14H17FN2O3S. The highest BCUT2D eigenvalue weighted by Crippen LogP contribution is 2.12. The van der Waals surface area contributed by atoms with Crippen LogP contribution in [0.4, 0.5) is 4.39 Å². The highest BCUT2D eigenvalue weighted by Gasteiger charge is 2.16. The van der Waals surface area contributed by atoms with Crippen molar-refractivity contribution in [2.24, 2.45) is 0 Å². The summed E-state index contributed by atoms with van der Waals surface area (Å²) in [4.78, 5) is 3.92. The Morgan fingerprint density at radius 1 is 1.33 bits per heavy atom. The largest absolute Gasteiger partial charge is 0.335 e. The molecule has 1 aromatic carbocycles. The Kier molecular flexibility index (Phi) is 5.08. The summed E-state index contributed by atoms with van der Waals surface area (Å²) in [5.41, 5.74) is 0.934. The van der Waals surface area contributed by atoms with E-state index in [0.29, 0.717) is 19.4 Å². The number of halogens is 1. The van der Waals surface area contributed by atoms with Gasteiger partial charge in [0.2, 0.25) is 0 Å². The van der Waals surface area contributed by atoms with Gasteiger partial charge in [-0.15, -0.1) is 0 Å². The molecular weight excluding hydrogens is 295 g/mol. The Bertz CT molecular complexity index is 654. The number of rotatable bonds is 7. The summed E-state index contributed by atoms with van der Waals surface area (Å²) in [7, 11) is -3.53. The van der Waals surface area contributed by atoms with E-state index in [1.807, 2.05) is 0 Å². The molecule has 1 unspecified atom stereocenters. The second-order valence-electron chi connectivity index (χ2n) is 4.85. The second-order valence-corrected chi connectivity index (χ2v) is 6.45. The lowest BCUT2D eigenvalue weighted by Crippen LogP contribution is -2.23. The third kappa shape index (κ3) is 5.65. The third-order valence-electron chi connectivity index (χ3n) is 2.95. The summed E-state index contributed by atoms with van der Waals surface area (Å²) in [6.07, 6.45) is 6.64. The fourth-order valence-electron chi connectivity index (χ4n) is 2.03. The number of aryl methyl sites for hydroxylation is 1. The van der Waals surface area contributed by atoms with Crippen LogP contribution < -0.4 is 0 Å². The fraction of sp³-hybridized carbons (Fsp3) is 0.357. The zero-order valence-electron chi connectivity index (χ0n) is 11.6. The van der Waals surface area contributed by atoms with Gasteiger partial charge in [0, 0.05) is 12.4 Å². The van der Waals surface area contributed by atoms with E-state index in [1.165, 1.54) is 12.1 Å². The monoisotopic (exact) mass is 312 g/mol. The Morgan fingerprint density at radius 3 is 2.62 bits per heavy atom. The van der Waals surface area contributed by atoms with Gasteiger partial charge < -0.3 is 4.57 Å². The Hall–Kier alpha value is -1.73. The first-order chi connectivity index (χ1) is 9.92. The van der Waals surface area contributed by atoms with Crippen molar-refractivity contribution in [3.8, 4) is 0 Å². The molecule has 0 saturated heterocycles. The van der Waals surface area contributed by atoms with Crippen LogP contribution in [-0.4, -0.2) is 30.3 Å². The molecule has 1 aromatic heterocycles. The summed E-state index contributed by atoms with van der Waals surface area (Å²) in [5, 5.41) is 0. The van der Waals surface area contributed by atoms with E-state index in [0.717, 1.165) is 11.8 Å². The molecule has 0 spiro atoms. The molecule has 0 N–H and O–H groups in total. The van der Waals surface area contributed by atoms with Crippen molar-refractivity contribution in [1.82, 2.24) is 9.55 Å². The maximum absolute atomic E-state index is 12.8. The van der Waals surface area contributed by atoms with Gasteiger partial charge in [0.25, 0.3) is 10.1 Å². The van der Waals surface area contributed by atoms with Crippen LogP contribution in [0.2, 0.25) is 0 Å². The molecule has 1 heterocycles. The topological polar surface area (TPSA) is 61.2 Å². The summed E-state index contributed by atoms with van der Waals surface area (Å²) >= 11 is 0. The number of hydrogen-bond acceptors (Lipinski definition) is 4. The van der Waals surface area contributed by atoms with Gasteiger partial charge in [0.05, 0.1) is 25.2 Å². The molecule has 0 aliphatic carbocycles. The molecule has 1 atom stereocenters. The average Bonchev–Trinajstić information content (AvgIpc) is 2.89. The molecule has 5 nitrogen and oxygen atoms in total. The van der Waals surface area contributed by atoms with Gasteiger partial charge in [-0.05, 0) is 30.5 Å². The summed E-state index contributed by atoms with van der Waals surface area (Å²) in [6.45, 7) is 0.397. The van der Waals surface area contributed by atoms with E-state index in [4.69, 9.17) is 4.18 Å². The molecule has 0 bridgehead atoms. The number of benzene rings is 1. The molecule has 0 radical (unpaired) electrons. The van der Waals surface area contributed by atoms with Gasteiger partial charge >= 0.3 is 0 Å². The fourth-order valence-corrected chi connectivity index (χ4v) is 2.68. The molecule has 2 aromatic rings. The van der Waals surface area contributed by atoms with E-state index in [-0.39, 0.29) is 5.82 Å². The van der Waals surface area contributed by atoms with Crippen molar-refractivity contribution < 1.29 is 17.0 Å². The zero-order chi connectivity index (χ0) is 15.3. The highest BCUT2D eigenvalue weighted by atomic mass is 32.2. The van der Waals surface area contributed by atoms with Crippen molar-refractivity contribution in [2.75, 3.05) is 6.26 Å². The molecule has 0 amide bonds. The lowest BCUT2D eigenvalue weighted by molar-refractivity contribution is 0.179. The smallest absolute Gasteiger partial charge is 0.264 e. The van der Waals surface area contributed by atoms with E-state index >= 15 is 0 Å². The van der Waals surface area contributed by atoms with Crippen LogP contribution >= 0.6 is 0 Å². The normalized spacial score (nSPS) is 13.2. The van der Waals surface area contributed by atoms with Gasteiger partial charge in [-0.1, -0.05) is 12.1 Å². The van der Waals surface area contributed by atoms with Crippen LogP contribution in [0.15, 0.2) is 43.0 Å². The van der Waals surface area contributed by atoms with E-state index in [1.54, 1.807) is 35.4 Å². The Labute approximate surface area is 123 Å². The summed E-state index contributed by atoms with van der Waals surface area (Å²) in [6, 6.07) is 6.14. The van der Waals surface area contributed by atoms with Gasteiger partial charge in [-0.25, -0.2) is 9.37 Å². The lowest BCUT2D eigenvalue weighted by Gasteiger charge is -2.16. The van der Waals surface area contributed by atoms with Gasteiger partial charge in [-0.3, -0.25) is 4.18 Å². The van der Waals surface area contributed by atoms with Crippen LogP contribution in [0.3, 0.4) is 0 Å². The van der Waals surface area contributed by atoms with Crippen LogP contribution in [0.1, 0.15) is 12.0 Å². The number of imidazole rings is 1. The van der Waals surface area contributed by atoms with Gasteiger partial charge in [0.1, 0.15) is 5.82 Å². The van der Waals surface area contributed by atoms with Gasteiger partial charge in [0.15, 0.2) is 0 Å². The second kappa shape index (κ2) is 6.82. The maximum atomic E-state index is 12.8. The predicted molar refractivity (Wildman–Crippen MR) is 76.7 cm³/mol. The third-order valence-corrected chi connectivity index (χ3v) is 3.57. The van der Waals surface area contributed by atoms with E-state index in [2.05, 4.69) is 4.98 Å². The first-order valence-corrected chi connectivity index (χ1v) is 8.32. The minimum absolute atomic E-state index is 0.291. The molecule has 21 heavy (non-hydrogen) atoms. The first kappa shape index (κ1) is 15.7. The molecule has 0 saturated carbocycles. The lowest BCUT2D eigenvalue weighted by atomic mass is 10.1. The summed E-state index contributed by atoms with van der Waals surface area (Å²) < 4.78 is 42.4. The quantitative estimate of drug-likeness (QED) is 0.734. The SMILES string of the molecule is CS(=O)(=O)OC(CCc1ccc(F)cc1)Cn1ccnc1. The summed E-state index contributed by atoms with van der Waals surface area (Å²) in [5.74, 6) is -0.291. The first-order valence-electron chi connectivity index (χ1n) is 6.51. The molecule has 2 rings (SSSR count). The average molecular weight is 312 g/mol. The minimum atomic E-state index is -3.53. The maximum Gasteiger partial charge on any atom is 0.264 e. The minimum Gasteiger partial charge on any atom is -0.335 e. The van der Waals surface area contributed by atoms with Crippen LogP contribution in [0.5, 0.6) is 0 Å². The molecule has 0 aliphatic heterocycles. The van der Waals surface area contributed by atoms with E-state index in [9.17, 15) is 12.8 Å². The van der Waals surface area contributed by atoms with Crippen molar-refractivity contribution >= 4 is 10.1 Å². The Morgan fingerprint density at radius 2 is 2.05 bits per heavy atom. The number of aromatic nitrogens is 2. The molecule has 0 fully saturated rings. The van der Waals surface area contributed by atoms with Gasteiger partial charge in [-0.2, -0.15) is 8.42 Å². The van der Waals surface area contributed by atoms with Crippen LogP contribution in [-0.2, 0) is 27.3 Å². The van der Waals surface area contributed by atoms with Crippen LogP contribution in [0, 0.1) is 5.82 Å². The standard InChI is InChI=1S/C14H17FN2O3S/c1-21(18,19)20-14(10-17-9-8-16-11-17)7-4-12-2-5-13(15)6-3-12/h2-3,5-6,8-9,11,14H,4,7,10H2,1H3. The predicted octanol–water partition coefficient (Wildman–Crippen LogP) is 2.00. The van der Waals surface area contributed by atoms with E-state index < -0.39 is 16.2 Å². The zero-order valence-corrected chi connectivity index (χ0v) is 12.5. The van der Waals surface area contributed by atoms with Crippen LogP contribution in [0.25, 0.3) is 0 Å². The molecule has 7 heteroatoms. The highest BCUT2D eigenvalue weighted by molar-refractivity contribution is 7.86. The Balaban J connectivity index is 1.99. The molecule has 0 aliphatic rings. The number of nitrogens with zero attached hydrogens (tertiary/aromatic N) is 2. The molecule has 114 valence electrons. The van der Waals surface area contributed by atoms with Crippen molar-refractivity contribution in [2.45, 2.75) is 25.5 Å². The van der Waals surface area contributed by atoms with Crippen molar-refractivity contribution in [1.29, 1.82) is 0 Å².